The Morgan fingerprint density at radius 2 is 2.06 bits per heavy atom. The molecule has 0 aliphatic rings. The number of benzene rings is 1. The first-order valence-corrected chi connectivity index (χ1v) is 7.37. The van der Waals surface area contributed by atoms with Gasteiger partial charge in [0.15, 0.2) is 9.84 Å². The van der Waals surface area contributed by atoms with Crippen LogP contribution in [0, 0.1) is 12.7 Å². The minimum atomic E-state index is -3.23. The van der Waals surface area contributed by atoms with Gasteiger partial charge in [0.25, 0.3) is 0 Å². The Bertz CT molecular complexity index is 485. The first-order valence-electron chi connectivity index (χ1n) is 5.55. The molecular weight excluding hydrogens is 241 g/mol. The Kier molecular flexibility index (Phi) is 4.65. The maximum atomic E-state index is 12.9. The lowest BCUT2D eigenvalue weighted by Crippen LogP contribution is -2.29. The maximum Gasteiger partial charge on any atom is 0.155 e. The van der Waals surface area contributed by atoms with Crippen molar-refractivity contribution in [2.75, 3.05) is 5.75 Å². The lowest BCUT2D eigenvalue weighted by Gasteiger charge is -2.11. The van der Waals surface area contributed by atoms with Gasteiger partial charge in [0, 0.05) is 6.04 Å². The van der Waals surface area contributed by atoms with E-state index in [0.29, 0.717) is 17.5 Å². The van der Waals surface area contributed by atoms with Crippen molar-refractivity contribution in [3.63, 3.8) is 0 Å². The second-order valence-corrected chi connectivity index (χ2v) is 6.40. The van der Waals surface area contributed by atoms with E-state index in [1.54, 1.807) is 6.92 Å². The van der Waals surface area contributed by atoms with Gasteiger partial charge in [-0.05, 0) is 36.6 Å². The van der Waals surface area contributed by atoms with E-state index in [0.717, 1.165) is 0 Å². The molecule has 0 saturated heterocycles. The predicted molar refractivity (Wildman–Crippen MR) is 66.9 cm³/mol. The van der Waals surface area contributed by atoms with Gasteiger partial charge in [-0.1, -0.05) is 13.0 Å². The quantitative estimate of drug-likeness (QED) is 0.877. The summed E-state index contributed by atoms with van der Waals surface area (Å²) in [6.07, 6.45) is 0.627. The van der Waals surface area contributed by atoms with Crippen LogP contribution in [0.5, 0.6) is 0 Å². The van der Waals surface area contributed by atoms with E-state index in [9.17, 15) is 12.8 Å². The highest BCUT2D eigenvalue weighted by Gasteiger charge is 2.17. The first-order chi connectivity index (χ1) is 7.84. The summed E-state index contributed by atoms with van der Waals surface area (Å²) in [4.78, 5) is 0. The van der Waals surface area contributed by atoms with Gasteiger partial charge in [0.1, 0.15) is 5.82 Å². The zero-order valence-electron chi connectivity index (χ0n) is 10.1. The van der Waals surface area contributed by atoms with Crippen LogP contribution in [0.15, 0.2) is 18.2 Å². The monoisotopic (exact) mass is 259 g/mol. The molecule has 1 rings (SSSR count). The lowest BCUT2D eigenvalue weighted by atomic mass is 10.1. The Morgan fingerprint density at radius 3 is 2.59 bits per heavy atom. The fraction of sp³-hybridized carbons (Fsp3) is 0.500. The van der Waals surface area contributed by atoms with Crippen LogP contribution in [0.2, 0.25) is 0 Å². The van der Waals surface area contributed by atoms with E-state index in [1.165, 1.54) is 18.2 Å². The third-order valence-electron chi connectivity index (χ3n) is 2.67. The summed E-state index contributed by atoms with van der Waals surface area (Å²) in [5.41, 5.74) is 6.92. The van der Waals surface area contributed by atoms with Crippen LogP contribution >= 0.6 is 0 Å². The van der Waals surface area contributed by atoms with Crippen LogP contribution in [-0.2, 0) is 15.6 Å². The Labute approximate surface area is 102 Å². The molecule has 0 fully saturated rings. The zero-order chi connectivity index (χ0) is 13.1. The Hall–Kier alpha value is -0.940. The van der Waals surface area contributed by atoms with Gasteiger partial charge in [-0.15, -0.1) is 0 Å². The number of rotatable bonds is 5. The van der Waals surface area contributed by atoms with Gasteiger partial charge in [-0.2, -0.15) is 0 Å². The van der Waals surface area contributed by atoms with Crippen LogP contribution in [0.3, 0.4) is 0 Å². The zero-order valence-corrected chi connectivity index (χ0v) is 10.9. The summed E-state index contributed by atoms with van der Waals surface area (Å²) in [6, 6.07) is 3.79. The molecule has 17 heavy (non-hydrogen) atoms. The summed E-state index contributed by atoms with van der Waals surface area (Å²) in [5.74, 6) is -0.457. The summed E-state index contributed by atoms with van der Waals surface area (Å²) in [6.45, 7) is 3.55. The molecule has 5 heteroatoms. The molecule has 3 nitrogen and oxygen atoms in total. The number of hydrogen-bond acceptors (Lipinski definition) is 3. The fourth-order valence-electron chi connectivity index (χ4n) is 1.56. The highest BCUT2D eigenvalue weighted by molar-refractivity contribution is 7.90. The molecule has 0 radical (unpaired) electrons. The average Bonchev–Trinajstić information content (AvgIpc) is 2.21. The van der Waals surface area contributed by atoms with E-state index < -0.39 is 9.84 Å². The van der Waals surface area contributed by atoms with E-state index in [4.69, 9.17) is 5.73 Å². The standard InChI is InChI=1S/C12H18FNO2S/c1-3-12(14)8-17(15,16)7-10-4-5-11(13)6-9(10)2/h4-6,12H,3,7-8,14H2,1-2H3. The van der Waals surface area contributed by atoms with Crippen molar-refractivity contribution in [1.82, 2.24) is 0 Å². The first kappa shape index (κ1) is 14.1. The molecule has 0 heterocycles. The van der Waals surface area contributed by atoms with Crippen molar-refractivity contribution in [3.8, 4) is 0 Å². The predicted octanol–water partition coefficient (Wildman–Crippen LogP) is 1.79. The molecule has 1 aromatic carbocycles. The van der Waals surface area contributed by atoms with Gasteiger partial charge < -0.3 is 5.73 Å². The molecule has 0 saturated carbocycles. The third-order valence-corrected chi connectivity index (χ3v) is 4.36. The number of hydrogen-bond donors (Lipinski definition) is 1. The highest BCUT2D eigenvalue weighted by atomic mass is 32.2. The van der Waals surface area contributed by atoms with Gasteiger partial charge in [-0.25, -0.2) is 12.8 Å². The molecule has 1 unspecified atom stereocenters. The molecule has 0 aromatic heterocycles. The average molecular weight is 259 g/mol. The van der Waals surface area contributed by atoms with Crippen LogP contribution in [0.25, 0.3) is 0 Å². The number of nitrogens with two attached hydrogens (primary N) is 1. The minimum absolute atomic E-state index is 0.0275. The molecule has 1 atom stereocenters. The summed E-state index contributed by atoms with van der Waals surface area (Å²) in [7, 11) is -3.23. The highest BCUT2D eigenvalue weighted by Crippen LogP contribution is 2.14. The van der Waals surface area contributed by atoms with E-state index in [2.05, 4.69) is 0 Å². The van der Waals surface area contributed by atoms with Crippen LogP contribution < -0.4 is 5.73 Å². The number of halogens is 1. The molecule has 1 aromatic rings. The maximum absolute atomic E-state index is 12.9. The molecule has 0 spiro atoms. The molecule has 0 aliphatic heterocycles. The molecule has 0 amide bonds. The van der Waals surface area contributed by atoms with Gasteiger partial charge in [-0.3, -0.25) is 0 Å². The SMILES string of the molecule is CCC(N)CS(=O)(=O)Cc1ccc(F)cc1C. The van der Waals surface area contributed by atoms with Crippen molar-refractivity contribution in [3.05, 3.63) is 35.1 Å². The number of aryl methyl sites for hydroxylation is 1. The second-order valence-electron chi connectivity index (χ2n) is 4.29. The Balaban J connectivity index is 2.83. The lowest BCUT2D eigenvalue weighted by molar-refractivity contribution is 0.582. The summed E-state index contributed by atoms with van der Waals surface area (Å²) >= 11 is 0. The molecule has 2 N–H and O–H groups in total. The van der Waals surface area contributed by atoms with Crippen molar-refractivity contribution in [2.24, 2.45) is 5.73 Å². The van der Waals surface area contributed by atoms with Crippen LogP contribution in [0.4, 0.5) is 4.39 Å². The second kappa shape index (κ2) is 5.60. The molecular formula is C12H18FNO2S. The normalized spacial score (nSPS) is 13.6. The van der Waals surface area contributed by atoms with Crippen molar-refractivity contribution in [1.29, 1.82) is 0 Å². The summed E-state index contributed by atoms with van der Waals surface area (Å²) in [5, 5.41) is 0. The molecule has 96 valence electrons. The third kappa shape index (κ3) is 4.44. The van der Waals surface area contributed by atoms with Crippen LogP contribution in [0.1, 0.15) is 24.5 Å². The topological polar surface area (TPSA) is 60.2 Å². The number of sulfone groups is 1. The van der Waals surface area contributed by atoms with E-state index in [1.807, 2.05) is 6.92 Å². The smallest absolute Gasteiger partial charge is 0.155 e. The van der Waals surface area contributed by atoms with Gasteiger partial charge in [0.05, 0.1) is 11.5 Å². The molecule has 0 bridgehead atoms. The largest absolute Gasteiger partial charge is 0.327 e. The van der Waals surface area contributed by atoms with E-state index in [-0.39, 0.29) is 23.4 Å². The molecule has 0 aliphatic carbocycles. The van der Waals surface area contributed by atoms with Crippen LogP contribution in [-0.4, -0.2) is 20.2 Å². The van der Waals surface area contributed by atoms with Crippen molar-refractivity contribution < 1.29 is 12.8 Å². The fourth-order valence-corrected chi connectivity index (χ4v) is 3.36. The minimum Gasteiger partial charge on any atom is -0.327 e. The van der Waals surface area contributed by atoms with Gasteiger partial charge >= 0.3 is 0 Å². The van der Waals surface area contributed by atoms with Crippen molar-refractivity contribution >= 4 is 9.84 Å². The summed E-state index contributed by atoms with van der Waals surface area (Å²) < 4.78 is 36.5. The van der Waals surface area contributed by atoms with Gasteiger partial charge in [0.2, 0.25) is 0 Å². The van der Waals surface area contributed by atoms with Crippen molar-refractivity contribution in [2.45, 2.75) is 32.1 Å². The van der Waals surface area contributed by atoms with E-state index >= 15 is 0 Å². The Morgan fingerprint density at radius 1 is 1.41 bits per heavy atom.